The van der Waals surface area contributed by atoms with Crippen LogP contribution in [0.5, 0.6) is 5.75 Å². The van der Waals surface area contributed by atoms with Crippen molar-refractivity contribution in [1.29, 1.82) is 5.26 Å². The van der Waals surface area contributed by atoms with E-state index in [4.69, 9.17) is 4.74 Å². The van der Waals surface area contributed by atoms with E-state index in [1.165, 1.54) is 63.5 Å². The van der Waals surface area contributed by atoms with Crippen LogP contribution < -0.4 is 4.74 Å². The Kier molecular flexibility index (Phi) is 16.3. The van der Waals surface area contributed by atoms with Gasteiger partial charge in [-0.1, -0.05) is 101 Å². The zero-order valence-electron chi connectivity index (χ0n) is 25.9. The van der Waals surface area contributed by atoms with Gasteiger partial charge in [0, 0.05) is 7.05 Å². The molecule has 2 unspecified atom stereocenters. The Balaban J connectivity index is 1.99. The summed E-state index contributed by atoms with van der Waals surface area (Å²) in [7, 11) is 3.26. The van der Waals surface area contributed by atoms with Crippen molar-refractivity contribution in [2.24, 2.45) is 10.2 Å². The molecule has 0 N–H and O–H groups in total. The molecule has 7 heteroatoms. The summed E-state index contributed by atoms with van der Waals surface area (Å²) in [4.78, 5) is 0. The van der Waals surface area contributed by atoms with Crippen LogP contribution in [0.3, 0.4) is 0 Å². The number of benzene rings is 2. The highest BCUT2D eigenvalue weighted by Gasteiger charge is 2.32. The SMILES string of the molecule is CCCCCCCCCCCCC(C#N)(CCCC(CCc1cccc(C(F)(F)F)c1)N=NC)c1cccc(OC)c1. The summed E-state index contributed by atoms with van der Waals surface area (Å²) < 4.78 is 44.9. The Hall–Kier alpha value is -2.88. The normalized spacial score (nSPS) is 14.0. The monoisotopic (exact) mass is 585 g/mol. The number of unbranched alkanes of at least 4 members (excludes halogenated alkanes) is 9. The minimum absolute atomic E-state index is 0.108. The standard InChI is InChI=1S/C35H50F3N3O/c1-4-5-6-7-8-9-10-11-12-13-24-34(28-39,30-18-15-21-33(27-30)42-3)25-16-20-32(41-40-2)23-22-29-17-14-19-31(26-29)35(36,37)38/h14-15,17-19,21,26-27,32H,4-13,16,20,22-25H2,1-3H3. The van der Waals surface area contributed by atoms with Crippen LogP contribution in [0.25, 0.3) is 0 Å². The first-order valence-corrected chi connectivity index (χ1v) is 15.8. The lowest BCUT2D eigenvalue weighted by Crippen LogP contribution is -2.25. The van der Waals surface area contributed by atoms with Gasteiger partial charge in [-0.15, -0.1) is 0 Å². The number of alkyl halides is 3. The van der Waals surface area contributed by atoms with Crippen LogP contribution in [0.15, 0.2) is 58.8 Å². The smallest absolute Gasteiger partial charge is 0.416 e. The first-order valence-electron chi connectivity index (χ1n) is 15.8. The molecule has 42 heavy (non-hydrogen) atoms. The maximum absolute atomic E-state index is 13.1. The Morgan fingerprint density at radius 1 is 0.810 bits per heavy atom. The van der Waals surface area contributed by atoms with Crippen molar-refractivity contribution in [2.75, 3.05) is 14.2 Å². The zero-order chi connectivity index (χ0) is 30.7. The fourth-order valence-electron chi connectivity index (χ4n) is 5.72. The predicted molar refractivity (Wildman–Crippen MR) is 165 cm³/mol. The summed E-state index contributed by atoms with van der Waals surface area (Å²) in [5.74, 6) is 0.744. The third-order valence-corrected chi connectivity index (χ3v) is 8.23. The number of hydrogen-bond donors (Lipinski definition) is 0. The molecule has 2 atom stereocenters. The van der Waals surface area contributed by atoms with Crippen molar-refractivity contribution in [3.8, 4) is 11.8 Å². The highest BCUT2D eigenvalue weighted by Crippen LogP contribution is 2.37. The largest absolute Gasteiger partial charge is 0.497 e. The van der Waals surface area contributed by atoms with Gasteiger partial charge in [-0.05, 0) is 67.9 Å². The minimum Gasteiger partial charge on any atom is -0.497 e. The molecule has 0 aliphatic carbocycles. The Morgan fingerprint density at radius 2 is 1.43 bits per heavy atom. The molecule has 2 aromatic carbocycles. The van der Waals surface area contributed by atoms with Gasteiger partial charge in [0.15, 0.2) is 0 Å². The van der Waals surface area contributed by atoms with Crippen LogP contribution in [-0.4, -0.2) is 20.2 Å². The maximum atomic E-state index is 13.1. The lowest BCUT2D eigenvalue weighted by molar-refractivity contribution is -0.137. The molecular weight excluding hydrogens is 535 g/mol. The van der Waals surface area contributed by atoms with E-state index in [9.17, 15) is 18.4 Å². The molecule has 0 spiro atoms. The summed E-state index contributed by atoms with van der Waals surface area (Å²) in [6, 6.07) is 15.9. The van der Waals surface area contributed by atoms with Gasteiger partial charge in [0.25, 0.3) is 0 Å². The molecule has 232 valence electrons. The Bertz CT molecular complexity index is 1100. The van der Waals surface area contributed by atoms with E-state index in [0.717, 1.165) is 49.5 Å². The molecule has 0 aliphatic heterocycles. The number of ether oxygens (including phenoxy) is 1. The second-order valence-corrected chi connectivity index (χ2v) is 11.5. The van der Waals surface area contributed by atoms with Crippen LogP contribution in [0.2, 0.25) is 0 Å². The molecular formula is C35H50F3N3O. The van der Waals surface area contributed by atoms with E-state index in [2.05, 4.69) is 23.2 Å². The van der Waals surface area contributed by atoms with Gasteiger partial charge in [0.05, 0.1) is 30.2 Å². The molecule has 0 saturated heterocycles. The molecule has 0 fully saturated rings. The highest BCUT2D eigenvalue weighted by molar-refractivity contribution is 5.38. The quantitative estimate of drug-likeness (QED) is 0.108. The number of nitriles is 1. The zero-order valence-corrected chi connectivity index (χ0v) is 25.9. The van der Waals surface area contributed by atoms with Crippen molar-refractivity contribution in [1.82, 2.24) is 0 Å². The molecule has 0 saturated carbocycles. The second-order valence-electron chi connectivity index (χ2n) is 11.5. The van der Waals surface area contributed by atoms with Gasteiger partial charge in [-0.25, -0.2) is 0 Å². The molecule has 0 heterocycles. The van der Waals surface area contributed by atoms with Crippen LogP contribution >= 0.6 is 0 Å². The van der Waals surface area contributed by atoms with Crippen LogP contribution in [0.1, 0.15) is 120 Å². The number of nitrogens with zero attached hydrogens (tertiary/aromatic N) is 3. The summed E-state index contributed by atoms with van der Waals surface area (Å²) in [6.07, 6.45) is 12.2. The van der Waals surface area contributed by atoms with Gasteiger partial charge in [-0.2, -0.15) is 28.7 Å². The summed E-state index contributed by atoms with van der Waals surface area (Å²) in [5.41, 5.74) is 0.379. The molecule has 2 rings (SSSR count). The molecule has 0 aliphatic rings. The number of methoxy groups -OCH3 is 1. The number of azo groups is 1. The van der Waals surface area contributed by atoms with Crippen LogP contribution in [0, 0.1) is 11.3 Å². The average Bonchev–Trinajstić information content (AvgIpc) is 2.99. The van der Waals surface area contributed by atoms with Crippen LogP contribution in [-0.2, 0) is 18.0 Å². The maximum Gasteiger partial charge on any atom is 0.416 e. The van der Waals surface area contributed by atoms with Gasteiger partial charge < -0.3 is 4.74 Å². The van der Waals surface area contributed by atoms with Crippen molar-refractivity contribution in [3.05, 3.63) is 65.2 Å². The van der Waals surface area contributed by atoms with Crippen molar-refractivity contribution in [3.63, 3.8) is 0 Å². The highest BCUT2D eigenvalue weighted by atomic mass is 19.4. The Labute approximate surface area is 251 Å². The van der Waals surface area contributed by atoms with E-state index in [1.807, 2.05) is 24.3 Å². The molecule has 0 radical (unpaired) electrons. The number of hydrogen-bond acceptors (Lipinski definition) is 4. The van der Waals surface area contributed by atoms with E-state index >= 15 is 0 Å². The second kappa shape index (κ2) is 19.3. The van der Waals surface area contributed by atoms with Gasteiger partial charge in [0.1, 0.15) is 5.75 Å². The minimum atomic E-state index is -4.35. The van der Waals surface area contributed by atoms with E-state index in [0.29, 0.717) is 24.8 Å². The first-order chi connectivity index (χ1) is 20.3. The fraction of sp³-hybridized carbons (Fsp3) is 0.629. The van der Waals surface area contributed by atoms with E-state index < -0.39 is 17.2 Å². The van der Waals surface area contributed by atoms with E-state index in [-0.39, 0.29) is 6.04 Å². The molecule has 0 bridgehead atoms. The van der Waals surface area contributed by atoms with Gasteiger partial charge >= 0.3 is 6.18 Å². The molecule has 2 aromatic rings. The van der Waals surface area contributed by atoms with Gasteiger partial charge in [-0.3, -0.25) is 0 Å². The molecule has 0 aromatic heterocycles. The van der Waals surface area contributed by atoms with Crippen molar-refractivity contribution >= 4 is 0 Å². The fourth-order valence-corrected chi connectivity index (χ4v) is 5.72. The Morgan fingerprint density at radius 3 is 2.05 bits per heavy atom. The van der Waals surface area contributed by atoms with Crippen molar-refractivity contribution < 1.29 is 17.9 Å². The molecule has 4 nitrogen and oxygen atoms in total. The lowest BCUT2D eigenvalue weighted by atomic mass is 9.73. The van der Waals surface area contributed by atoms with Gasteiger partial charge in [0.2, 0.25) is 0 Å². The predicted octanol–water partition coefficient (Wildman–Crippen LogP) is 11.0. The molecule has 0 amide bonds. The average molecular weight is 586 g/mol. The summed E-state index contributed by atoms with van der Waals surface area (Å²) >= 11 is 0. The lowest BCUT2D eigenvalue weighted by Gasteiger charge is -2.28. The first kappa shape index (κ1) is 35.3. The third-order valence-electron chi connectivity index (χ3n) is 8.23. The van der Waals surface area contributed by atoms with E-state index in [1.54, 1.807) is 20.2 Å². The summed E-state index contributed by atoms with van der Waals surface area (Å²) in [6.45, 7) is 2.24. The number of aryl methyl sites for hydroxylation is 1. The number of rotatable bonds is 21. The van der Waals surface area contributed by atoms with Crippen molar-refractivity contribution in [2.45, 2.75) is 127 Å². The topological polar surface area (TPSA) is 57.7 Å². The number of halogens is 3. The third kappa shape index (κ3) is 12.5. The van der Waals surface area contributed by atoms with Crippen LogP contribution in [0.4, 0.5) is 13.2 Å². The summed E-state index contributed by atoms with van der Waals surface area (Å²) in [5, 5.41) is 18.9.